The molecule has 0 aliphatic heterocycles. The summed E-state index contributed by atoms with van der Waals surface area (Å²) in [7, 11) is -1.89. The highest BCUT2D eigenvalue weighted by Gasteiger charge is 2.34. The fourth-order valence-electron chi connectivity index (χ4n) is 1.71. The van der Waals surface area contributed by atoms with E-state index in [-0.39, 0.29) is 0 Å². The Hall–Kier alpha value is 0.617. The van der Waals surface area contributed by atoms with Crippen molar-refractivity contribution in [1.82, 2.24) is 0 Å². The maximum atomic E-state index is 6.16. The molecule has 0 atom stereocenters. The van der Waals surface area contributed by atoms with Gasteiger partial charge in [-0.15, -0.1) is 0 Å². The van der Waals surface area contributed by atoms with Gasteiger partial charge in [-0.25, -0.2) is 0 Å². The van der Waals surface area contributed by atoms with E-state index in [1.165, 1.54) is 12.8 Å². The molecule has 0 amide bonds. The van der Waals surface area contributed by atoms with Crippen LogP contribution in [0.5, 0.6) is 0 Å². The lowest BCUT2D eigenvalue weighted by molar-refractivity contribution is 0.163. The van der Waals surface area contributed by atoms with Crippen LogP contribution in [0.1, 0.15) is 52.9 Å². The molecule has 0 aromatic carbocycles. The molecule has 0 aliphatic rings. The summed E-state index contributed by atoms with van der Waals surface area (Å²) >= 11 is 3.51. The van der Waals surface area contributed by atoms with Gasteiger partial charge in [-0.1, -0.05) is 49.5 Å². The van der Waals surface area contributed by atoms with E-state index in [1.54, 1.807) is 0 Å². The summed E-state index contributed by atoms with van der Waals surface area (Å²) in [5, 5.41) is 1.05. The zero-order chi connectivity index (χ0) is 13.0. The maximum absolute atomic E-state index is 6.16. The fourth-order valence-corrected chi connectivity index (χ4v) is 5.39. The van der Waals surface area contributed by atoms with Gasteiger partial charge in [0.2, 0.25) is 0 Å². The Kier molecular flexibility index (Phi) is 12.1. The quantitative estimate of drug-likeness (QED) is 0.290. The summed E-state index contributed by atoms with van der Waals surface area (Å²) in [6, 6.07) is 2.20. The van der Waals surface area contributed by atoms with Crippen molar-refractivity contribution >= 4 is 24.5 Å². The van der Waals surface area contributed by atoms with Crippen molar-refractivity contribution in [3.05, 3.63) is 0 Å². The molecule has 4 heteroatoms. The van der Waals surface area contributed by atoms with Crippen LogP contribution in [0.2, 0.25) is 12.1 Å². The summed E-state index contributed by atoms with van der Waals surface area (Å²) in [6.45, 7) is 8.39. The minimum atomic E-state index is -1.89. The molecule has 0 aliphatic carbocycles. The molecular formula is C13H29BrO2Si. The van der Waals surface area contributed by atoms with E-state index < -0.39 is 8.56 Å². The van der Waals surface area contributed by atoms with E-state index in [0.29, 0.717) is 0 Å². The van der Waals surface area contributed by atoms with Crippen molar-refractivity contribution in [2.45, 2.75) is 65.0 Å². The Bertz CT molecular complexity index is 157. The van der Waals surface area contributed by atoms with Crippen molar-refractivity contribution in [1.29, 1.82) is 0 Å². The highest BCUT2D eigenvalue weighted by molar-refractivity contribution is 9.09. The first-order chi connectivity index (χ1) is 8.24. The van der Waals surface area contributed by atoms with Gasteiger partial charge in [-0.3, -0.25) is 0 Å². The third-order valence-electron chi connectivity index (χ3n) is 2.96. The molecule has 0 radical (unpaired) electrons. The average molecular weight is 325 g/mol. The summed E-state index contributed by atoms with van der Waals surface area (Å²) in [5.41, 5.74) is 0. The van der Waals surface area contributed by atoms with Crippen LogP contribution in [-0.2, 0) is 8.85 Å². The smallest absolute Gasteiger partial charge is 0.337 e. The molecule has 0 saturated heterocycles. The number of alkyl halides is 1. The first-order valence-corrected chi connectivity index (χ1v) is 10.4. The topological polar surface area (TPSA) is 18.5 Å². The van der Waals surface area contributed by atoms with Crippen molar-refractivity contribution in [3.63, 3.8) is 0 Å². The first kappa shape index (κ1) is 17.6. The van der Waals surface area contributed by atoms with Crippen LogP contribution < -0.4 is 0 Å². The molecule has 104 valence electrons. The largest absolute Gasteiger partial charge is 0.394 e. The van der Waals surface area contributed by atoms with E-state index in [1.807, 2.05) is 0 Å². The van der Waals surface area contributed by atoms with Crippen LogP contribution in [0, 0.1) is 0 Å². The van der Waals surface area contributed by atoms with Crippen molar-refractivity contribution < 1.29 is 8.85 Å². The third-order valence-corrected chi connectivity index (χ3v) is 7.17. The Labute approximate surface area is 117 Å². The van der Waals surface area contributed by atoms with Crippen LogP contribution in [0.15, 0.2) is 0 Å². The summed E-state index contributed by atoms with van der Waals surface area (Å²) in [5.74, 6) is 0. The van der Waals surface area contributed by atoms with Gasteiger partial charge in [0.1, 0.15) is 0 Å². The Morgan fingerprint density at radius 2 is 1.41 bits per heavy atom. The molecule has 0 heterocycles. The molecule has 0 rings (SSSR count). The van der Waals surface area contributed by atoms with Crippen LogP contribution in [-0.4, -0.2) is 27.1 Å². The van der Waals surface area contributed by atoms with E-state index in [2.05, 4.69) is 36.7 Å². The van der Waals surface area contributed by atoms with E-state index in [4.69, 9.17) is 8.85 Å². The lowest BCUT2D eigenvalue weighted by Crippen LogP contribution is -2.42. The van der Waals surface area contributed by atoms with Crippen LogP contribution in [0.25, 0.3) is 0 Å². The number of halogens is 1. The third kappa shape index (κ3) is 8.35. The zero-order valence-electron chi connectivity index (χ0n) is 11.8. The molecule has 0 fully saturated rings. The monoisotopic (exact) mass is 324 g/mol. The van der Waals surface area contributed by atoms with Gasteiger partial charge in [0, 0.05) is 18.5 Å². The number of hydrogen-bond donors (Lipinski definition) is 0. The minimum Gasteiger partial charge on any atom is -0.394 e. The highest BCUT2D eigenvalue weighted by atomic mass is 79.9. The molecular weight excluding hydrogens is 296 g/mol. The van der Waals surface area contributed by atoms with Crippen LogP contribution in [0.3, 0.4) is 0 Å². The maximum Gasteiger partial charge on any atom is 0.337 e. The van der Waals surface area contributed by atoms with Gasteiger partial charge in [0.05, 0.1) is 0 Å². The Balaban J connectivity index is 4.17. The Morgan fingerprint density at radius 1 is 0.882 bits per heavy atom. The Morgan fingerprint density at radius 3 is 1.76 bits per heavy atom. The first-order valence-electron chi connectivity index (χ1n) is 7.08. The molecule has 0 bridgehead atoms. The lowest BCUT2D eigenvalue weighted by atomic mass is 10.4. The van der Waals surface area contributed by atoms with Gasteiger partial charge < -0.3 is 8.85 Å². The predicted molar refractivity (Wildman–Crippen MR) is 81.2 cm³/mol. The zero-order valence-corrected chi connectivity index (χ0v) is 14.4. The van der Waals surface area contributed by atoms with Gasteiger partial charge in [0.15, 0.2) is 0 Å². The van der Waals surface area contributed by atoms with Gasteiger partial charge in [-0.2, -0.15) is 0 Å². The molecule has 0 aromatic rings. The highest BCUT2D eigenvalue weighted by Crippen LogP contribution is 2.22. The molecule has 0 N–H and O–H groups in total. The molecule has 0 saturated carbocycles. The normalized spacial score (nSPS) is 12.0. The second-order valence-electron chi connectivity index (χ2n) is 4.46. The molecule has 17 heavy (non-hydrogen) atoms. The fraction of sp³-hybridized carbons (Fsp3) is 1.00. The standard InChI is InChI=1S/C13H29BrO2Si/c1-4-7-11-15-17(6-3,13-9-10-14)16-12-8-5-2/h4-13H2,1-3H3. The van der Waals surface area contributed by atoms with Gasteiger partial charge >= 0.3 is 8.56 Å². The summed E-state index contributed by atoms with van der Waals surface area (Å²) < 4.78 is 12.3. The SMILES string of the molecule is CCCCO[Si](CC)(CCCBr)OCCCC. The van der Waals surface area contributed by atoms with Crippen molar-refractivity contribution in [2.24, 2.45) is 0 Å². The minimum absolute atomic E-state index is 0.880. The van der Waals surface area contributed by atoms with E-state index in [0.717, 1.165) is 49.9 Å². The lowest BCUT2D eigenvalue weighted by Gasteiger charge is -2.30. The molecule has 0 unspecified atom stereocenters. The second-order valence-corrected chi connectivity index (χ2v) is 8.86. The second kappa shape index (κ2) is 11.7. The average Bonchev–Trinajstić information content (AvgIpc) is 2.36. The molecule has 0 aromatic heterocycles. The molecule has 0 spiro atoms. The molecule has 2 nitrogen and oxygen atoms in total. The van der Waals surface area contributed by atoms with E-state index in [9.17, 15) is 0 Å². The summed E-state index contributed by atoms with van der Waals surface area (Å²) in [6.07, 6.45) is 5.86. The van der Waals surface area contributed by atoms with Crippen LogP contribution in [0.4, 0.5) is 0 Å². The van der Waals surface area contributed by atoms with E-state index >= 15 is 0 Å². The predicted octanol–water partition coefficient (Wildman–Crippen LogP) is 4.87. The van der Waals surface area contributed by atoms with Gasteiger partial charge in [0.25, 0.3) is 0 Å². The van der Waals surface area contributed by atoms with Gasteiger partial charge in [-0.05, 0) is 31.4 Å². The van der Waals surface area contributed by atoms with Crippen molar-refractivity contribution in [2.75, 3.05) is 18.5 Å². The summed E-state index contributed by atoms with van der Waals surface area (Å²) in [4.78, 5) is 0. The number of rotatable bonds is 12. The number of hydrogen-bond acceptors (Lipinski definition) is 2. The van der Waals surface area contributed by atoms with Crippen LogP contribution >= 0.6 is 15.9 Å². The van der Waals surface area contributed by atoms with Crippen molar-refractivity contribution in [3.8, 4) is 0 Å². The number of unbranched alkanes of at least 4 members (excludes halogenated alkanes) is 2.